The Kier molecular flexibility index (Phi) is 15.0. The van der Waals surface area contributed by atoms with E-state index in [9.17, 15) is 0 Å². The van der Waals surface area contributed by atoms with Gasteiger partial charge in [-0.2, -0.15) is 5.10 Å². The van der Waals surface area contributed by atoms with Crippen molar-refractivity contribution in [3.63, 3.8) is 0 Å². The van der Waals surface area contributed by atoms with Crippen molar-refractivity contribution in [2.45, 2.75) is 62.3 Å². The van der Waals surface area contributed by atoms with Crippen molar-refractivity contribution in [2.75, 3.05) is 0 Å². The topological polar surface area (TPSA) is 30.2 Å². The fraction of sp³-hybridized carbons (Fsp3) is 0.290. The van der Waals surface area contributed by atoms with Crippen molar-refractivity contribution in [3.05, 3.63) is 101 Å². The Morgan fingerprint density at radius 2 is 1.25 bits per heavy atom. The van der Waals surface area contributed by atoms with Crippen molar-refractivity contribution in [1.82, 2.24) is 14.6 Å². The molecule has 0 spiro atoms. The predicted octanol–water partition coefficient (Wildman–Crippen LogP) is 10.5. The fourth-order valence-electron chi connectivity index (χ4n) is 3.17. The number of para-hydroxylation sites is 1. The highest BCUT2D eigenvalue weighted by molar-refractivity contribution is 7.19. The largest absolute Gasteiger partial charge is 0.242 e. The summed E-state index contributed by atoms with van der Waals surface area (Å²) >= 11 is 3.59. The van der Waals surface area contributed by atoms with E-state index >= 15 is 0 Å². The summed E-state index contributed by atoms with van der Waals surface area (Å²) < 4.78 is 4.54. The van der Waals surface area contributed by atoms with E-state index in [0.29, 0.717) is 0 Å². The summed E-state index contributed by atoms with van der Waals surface area (Å²) in [5.74, 6) is 0. The first-order valence-electron chi connectivity index (χ1n) is 12.8. The van der Waals surface area contributed by atoms with Gasteiger partial charge in [0.25, 0.3) is 0 Å². The van der Waals surface area contributed by atoms with Crippen molar-refractivity contribution >= 4 is 48.5 Å². The molecule has 192 valence electrons. The number of hydrogen-bond acceptors (Lipinski definition) is 4. The molecule has 0 saturated carbocycles. The van der Waals surface area contributed by atoms with Gasteiger partial charge in [0, 0.05) is 15.8 Å². The number of hydrogen-bond donors (Lipinski definition) is 0. The molecule has 3 nitrogen and oxygen atoms in total. The number of rotatable bonds is 0. The summed E-state index contributed by atoms with van der Waals surface area (Å²) in [6, 6.07) is 27.0. The molecule has 0 fully saturated rings. The van der Waals surface area contributed by atoms with Gasteiger partial charge in [0.1, 0.15) is 0 Å². The molecular weight excluding hydrogens is 478 g/mol. The van der Waals surface area contributed by atoms with Gasteiger partial charge in [-0.1, -0.05) is 77.9 Å². The standard InChI is InChI=1S/C9H8S.C8H8N2.C8H7NS.3C2H6/c1-7-6-8-4-2-3-5-9(8)10-7;1-7-6-8-4-2-3-5-10(8)9-7;1-6-9-7-4-2-3-5-8(7)10-6;3*1-2/h2*2-6H,1H3;2-5H,1H3;3*1-2H3. The van der Waals surface area contributed by atoms with Crippen LogP contribution in [0.3, 0.4) is 0 Å². The van der Waals surface area contributed by atoms with Crippen molar-refractivity contribution in [3.8, 4) is 0 Å². The van der Waals surface area contributed by atoms with Gasteiger partial charge in [-0.15, -0.1) is 22.7 Å². The molecule has 0 amide bonds. The van der Waals surface area contributed by atoms with E-state index < -0.39 is 0 Å². The third kappa shape index (κ3) is 9.56. The Hall–Kier alpha value is -3.02. The predicted molar refractivity (Wildman–Crippen MR) is 165 cm³/mol. The highest BCUT2D eigenvalue weighted by Gasteiger charge is 1.96. The second-order valence-electron chi connectivity index (χ2n) is 6.95. The molecule has 0 aliphatic heterocycles. The molecule has 5 heteroatoms. The number of benzene rings is 2. The first-order chi connectivity index (χ1) is 17.6. The molecule has 0 aliphatic rings. The lowest BCUT2D eigenvalue weighted by Gasteiger charge is -1.86. The lowest BCUT2D eigenvalue weighted by atomic mass is 10.2. The first kappa shape index (κ1) is 31.0. The molecule has 6 rings (SSSR count). The number of aryl methyl sites for hydroxylation is 3. The van der Waals surface area contributed by atoms with Crippen LogP contribution in [-0.4, -0.2) is 14.6 Å². The Balaban J connectivity index is 0.000000244. The third-order valence-corrected chi connectivity index (χ3v) is 6.43. The highest BCUT2D eigenvalue weighted by atomic mass is 32.1. The van der Waals surface area contributed by atoms with Crippen LogP contribution in [0.4, 0.5) is 0 Å². The smallest absolute Gasteiger partial charge is 0.0907 e. The van der Waals surface area contributed by atoms with Crippen LogP contribution in [0.1, 0.15) is 57.1 Å². The lowest BCUT2D eigenvalue weighted by molar-refractivity contribution is 0.934. The van der Waals surface area contributed by atoms with Crippen molar-refractivity contribution in [2.24, 2.45) is 0 Å². The summed E-state index contributed by atoms with van der Waals surface area (Å²) in [7, 11) is 0. The molecule has 0 unspecified atom stereocenters. The zero-order chi connectivity index (χ0) is 26.9. The Bertz CT molecular complexity index is 1120. The average Bonchev–Trinajstić information content (AvgIpc) is 3.61. The average molecular weight is 520 g/mol. The van der Waals surface area contributed by atoms with Crippen LogP contribution in [-0.2, 0) is 0 Å². The summed E-state index contributed by atoms with van der Waals surface area (Å²) in [6.45, 7) is 18.2. The van der Waals surface area contributed by atoms with E-state index in [1.807, 2.05) is 114 Å². The van der Waals surface area contributed by atoms with Gasteiger partial charge in [0.2, 0.25) is 0 Å². The molecular formula is C31H41N3S2. The van der Waals surface area contributed by atoms with E-state index in [1.54, 1.807) is 11.3 Å². The maximum atomic E-state index is 4.33. The minimum absolute atomic E-state index is 1.06. The summed E-state index contributed by atoms with van der Waals surface area (Å²) in [5, 5.41) is 6.74. The number of aromatic nitrogens is 3. The third-order valence-electron chi connectivity index (χ3n) is 4.44. The fourth-order valence-corrected chi connectivity index (χ4v) is 4.92. The van der Waals surface area contributed by atoms with E-state index in [4.69, 9.17) is 0 Å². The van der Waals surface area contributed by atoms with Crippen LogP contribution in [0.5, 0.6) is 0 Å². The van der Waals surface area contributed by atoms with Gasteiger partial charge in [0.15, 0.2) is 0 Å². The minimum Gasteiger partial charge on any atom is -0.242 e. The van der Waals surface area contributed by atoms with Crippen LogP contribution in [0.2, 0.25) is 0 Å². The van der Waals surface area contributed by atoms with Gasteiger partial charge in [-0.3, -0.25) is 0 Å². The molecule has 36 heavy (non-hydrogen) atoms. The molecule has 6 aromatic rings. The van der Waals surface area contributed by atoms with Crippen LogP contribution in [0.15, 0.2) is 85.1 Å². The van der Waals surface area contributed by atoms with Gasteiger partial charge >= 0.3 is 0 Å². The number of nitrogens with zero attached hydrogens (tertiary/aromatic N) is 3. The zero-order valence-corrected chi connectivity index (χ0v) is 24.9. The quantitative estimate of drug-likeness (QED) is 0.200. The number of pyridine rings is 1. The van der Waals surface area contributed by atoms with Crippen LogP contribution < -0.4 is 0 Å². The number of thiazole rings is 1. The van der Waals surface area contributed by atoms with Crippen LogP contribution in [0, 0.1) is 20.8 Å². The van der Waals surface area contributed by atoms with E-state index in [2.05, 4.69) is 59.5 Å². The molecule has 0 radical (unpaired) electrons. The van der Waals surface area contributed by atoms with Crippen LogP contribution in [0.25, 0.3) is 25.8 Å². The molecule has 0 aliphatic carbocycles. The molecule has 0 atom stereocenters. The second-order valence-corrected chi connectivity index (χ2v) is 9.47. The highest BCUT2D eigenvalue weighted by Crippen LogP contribution is 2.23. The van der Waals surface area contributed by atoms with Gasteiger partial charge in [0.05, 0.1) is 26.4 Å². The number of thiophene rings is 1. The van der Waals surface area contributed by atoms with E-state index in [0.717, 1.165) is 21.7 Å². The van der Waals surface area contributed by atoms with Gasteiger partial charge in [-0.05, 0) is 68.6 Å². The molecule has 4 aromatic heterocycles. The summed E-state index contributed by atoms with van der Waals surface area (Å²) in [6.07, 6.45) is 1.95. The molecule has 0 saturated heterocycles. The zero-order valence-electron chi connectivity index (χ0n) is 23.2. The molecule has 0 bridgehead atoms. The van der Waals surface area contributed by atoms with Gasteiger partial charge < -0.3 is 0 Å². The Morgan fingerprint density at radius 1 is 0.639 bits per heavy atom. The van der Waals surface area contributed by atoms with Crippen molar-refractivity contribution in [1.29, 1.82) is 0 Å². The number of fused-ring (bicyclic) bond motifs is 3. The molecule has 0 N–H and O–H groups in total. The maximum absolute atomic E-state index is 4.33. The first-order valence-corrected chi connectivity index (χ1v) is 14.4. The van der Waals surface area contributed by atoms with E-state index in [-0.39, 0.29) is 0 Å². The minimum atomic E-state index is 1.06. The van der Waals surface area contributed by atoms with Crippen LogP contribution >= 0.6 is 22.7 Å². The maximum Gasteiger partial charge on any atom is 0.0907 e. The summed E-state index contributed by atoms with van der Waals surface area (Å²) in [4.78, 5) is 5.72. The van der Waals surface area contributed by atoms with Crippen molar-refractivity contribution < 1.29 is 0 Å². The monoisotopic (exact) mass is 519 g/mol. The second kappa shape index (κ2) is 17.4. The molecule has 2 aromatic carbocycles. The Morgan fingerprint density at radius 3 is 1.89 bits per heavy atom. The summed E-state index contributed by atoms with van der Waals surface area (Å²) in [5.41, 5.74) is 3.33. The lowest BCUT2D eigenvalue weighted by Crippen LogP contribution is -1.83. The Labute approximate surface area is 225 Å². The van der Waals surface area contributed by atoms with E-state index in [1.165, 1.54) is 19.7 Å². The SMILES string of the molecule is CC.CC.CC.Cc1cc2ccccc2s1.Cc1cc2ccccn2n1.Cc1nc2ccccc2s1. The van der Waals surface area contributed by atoms with Gasteiger partial charge in [-0.25, -0.2) is 9.50 Å². The normalized spacial score (nSPS) is 9.25. The molecule has 4 heterocycles.